The molecule has 0 saturated carbocycles. The molecule has 156 valence electrons. The van der Waals surface area contributed by atoms with Crippen molar-refractivity contribution in [3.63, 3.8) is 0 Å². The number of rotatable bonds is 9. The minimum absolute atomic E-state index is 0.304. The first-order valence-corrected chi connectivity index (χ1v) is 10.2. The largest absolute Gasteiger partial charge is 0.489 e. The summed E-state index contributed by atoms with van der Waals surface area (Å²) in [7, 11) is 0. The SMILES string of the molecule is CCOC(=O)C(C)(Cc1ccc(OCc2ccccc2)cc1)Oc1ccc(C)cc1. The number of carbonyl (C=O) groups excluding carboxylic acids is 1. The molecule has 3 rings (SSSR count). The highest BCUT2D eigenvalue weighted by Crippen LogP contribution is 2.25. The zero-order valence-corrected chi connectivity index (χ0v) is 17.8. The molecule has 30 heavy (non-hydrogen) atoms. The van der Waals surface area contributed by atoms with E-state index in [4.69, 9.17) is 14.2 Å². The van der Waals surface area contributed by atoms with Crippen molar-refractivity contribution in [2.75, 3.05) is 6.61 Å². The van der Waals surface area contributed by atoms with Crippen molar-refractivity contribution in [2.24, 2.45) is 0 Å². The van der Waals surface area contributed by atoms with E-state index in [0.29, 0.717) is 25.4 Å². The average molecular weight is 405 g/mol. The fourth-order valence-corrected chi connectivity index (χ4v) is 3.13. The summed E-state index contributed by atoms with van der Waals surface area (Å²) in [5, 5.41) is 0. The first-order valence-electron chi connectivity index (χ1n) is 10.2. The quantitative estimate of drug-likeness (QED) is 0.441. The number of ether oxygens (including phenoxy) is 3. The van der Waals surface area contributed by atoms with E-state index >= 15 is 0 Å². The Bertz CT molecular complexity index is 933. The van der Waals surface area contributed by atoms with Crippen LogP contribution in [0, 0.1) is 6.92 Å². The van der Waals surface area contributed by atoms with Gasteiger partial charge in [-0.1, -0.05) is 60.2 Å². The highest BCUT2D eigenvalue weighted by atomic mass is 16.6. The van der Waals surface area contributed by atoms with Crippen LogP contribution in [0.4, 0.5) is 0 Å². The number of carbonyl (C=O) groups is 1. The lowest BCUT2D eigenvalue weighted by Gasteiger charge is -2.28. The maximum atomic E-state index is 12.7. The van der Waals surface area contributed by atoms with Gasteiger partial charge in [-0.05, 0) is 56.2 Å². The van der Waals surface area contributed by atoms with E-state index in [9.17, 15) is 4.79 Å². The minimum atomic E-state index is -1.13. The molecule has 0 radical (unpaired) electrons. The van der Waals surface area contributed by atoms with Gasteiger partial charge in [-0.15, -0.1) is 0 Å². The van der Waals surface area contributed by atoms with Gasteiger partial charge in [-0.2, -0.15) is 0 Å². The van der Waals surface area contributed by atoms with Gasteiger partial charge in [0.25, 0.3) is 0 Å². The van der Waals surface area contributed by atoms with Gasteiger partial charge >= 0.3 is 5.97 Å². The summed E-state index contributed by atoms with van der Waals surface area (Å²) in [5.74, 6) is 1.04. The molecule has 3 aromatic carbocycles. The van der Waals surface area contributed by atoms with Gasteiger partial charge in [0, 0.05) is 6.42 Å². The van der Waals surface area contributed by atoms with Crippen LogP contribution in [0.5, 0.6) is 11.5 Å². The molecule has 0 aromatic heterocycles. The number of aryl methyl sites for hydroxylation is 1. The molecule has 1 unspecified atom stereocenters. The molecular formula is C26H28O4. The first-order chi connectivity index (χ1) is 14.5. The molecule has 0 bridgehead atoms. The molecule has 0 aliphatic rings. The fraction of sp³-hybridized carbons (Fsp3) is 0.269. The van der Waals surface area contributed by atoms with Gasteiger partial charge in [0.2, 0.25) is 5.60 Å². The molecule has 4 nitrogen and oxygen atoms in total. The molecule has 0 aliphatic carbocycles. The van der Waals surface area contributed by atoms with Gasteiger partial charge in [-0.3, -0.25) is 0 Å². The van der Waals surface area contributed by atoms with E-state index in [1.807, 2.05) is 85.8 Å². The molecule has 0 heterocycles. The summed E-state index contributed by atoms with van der Waals surface area (Å²) >= 11 is 0. The summed E-state index contributed by atoms with van der Waals surface area (Å²) in [5.41, 5.74) is 2.08. The van der Waals surface area contributed by atoms with Crippen molar-refractivity contribution in [1.29, 1.82) is 0 Å². The molecule has 3 aromatic rings. The number of hydrogen-bond acceptors (Lipinski definition) is 4. The second-order valence-electron chi connectivity index (χ2n) is 7.46. The maximum Gasteiger partial charge on any atom is 0.350 e. The van der Waals surface area contributed by atoms with Crippen molar-refractivity contribution in [2.45, 2.75) is 39.4 Å². The third-order valence-electron chi connectivity index (χ3n) is 4.78. The summed E-state index contributed by atoms with van der Waals surface area (Å²) in [6, 6.07) is 25.4. The lowest BCUT2D eigenvalue weighted by molar-refractivity contribution is -0.160. The zero-order chi connectivity index (χ0) is 21.4. The number of benzene rings is 3. The average Bonchev–Trinajstić information content (AvgIpc) is 2.76. The first kappa shape index (κ1) is 21.4. The van der Waals surface area contributed by atoms with Crippen LogP contribution in [0.2, 0.25) is 0 Å². The van der Waals surface area contributed by atoms with Crippen LogP contribution in [-0.4, -0.2) is 18.2 Å². The van der Waals surface area contributed by atoms with Crippen LogP contribution < -0.4 is 9.47 Å². The Labute approximate surface area is 178 Å². The Kier molecular flexibility index (Phi) is 7.12. The Hall–Kier alpha value is -3.27. The Morgan fingerprint density at radius 3 is 2.10 bits per heavy atom. The molecule has 0 spiro atoms. The topological polar surface area (TPSA) is 44.8 Å². The molecule has 0 fully saturated rings. The molecule has 1 atom stereocenters. The van der Waals surface area contributed by atoms with Crippen molar-refractivity contribution >= 4 is 5.97 Å². The molecule has 0 saturated heterocycles. The van der Waals surface area contributed by atoms with E-state index in [1.54, 1.807) is 13.8 Å². The Morgan fingerprint density at radius 2 is 1.47 bits per heavy atom. The summed E-state index contributed by atoms with van der Waals surface area (Å²) in [4.78, 5) is 12.7. The van der Waals surface area contributed by atoms with Gasteiger partial charge < -0.3 is 14.2 Å². The van der Waals surface area contributed by atoms with Gasteiger partial charge in [0.1, 0.15) is 18.1 Å². The number of esters is 1. The van der Waals surface area contributed by atoms with Crippen LogP contribution in [-0.2, 0) is 22.6 Å². The standard InChI is InChI=1S/C26H28O4/c1-4-28-25(27)26(3,30-24-14-10-20(2)11-15-24)18-21-12-16-23(17-13-21)29-19-22-8-6-5-7-9-22/h5-17H,4,18-19H2,1-3H3. The molecule has 0 N–H and O–H groups in total. The Balaban J connectivity index is 1.70. The fourth-order valence-electron chi connectivity index (χ4n) is 3.13. The second kappa shape index (κ2) is 9.97. The highest BCUT2D eigenvalue weighted by Gasteiger charge is 2.37. The number of hydrogen-bond donors (Lipinski definition) is 0. The smallest absolute Gasteiger partial charge is 0.350 e. The van der Waals surface area contributed by atoms with Crippen LogP contribution in [0.15, 0.2) is 78.9 Å². The lowest BCUT2D eigenvalue weighted by atomic mass is 9.96. The minimum Gasteiger partial charge on any atom is -0.489 e. The van der Waals surface area contributed by atoms with Gasteiger partial charge in [0.05, 0.1) is 6.61 Å². The maximum absolute atomic E-state index is 12.7. The Morgan fingerprint density at radius 1 is 0.833 bits per heavy atom. The second-order valence-corrected chi connectivity index (χ2v) is 7.46. The lowest BCUT2D eigenvalue weighted by Crippen LogP contribution is -2.45. The van der Waals surface area contributed by atoms with Crippen LogP contribution >= 0.6 is 0 Å². The van der Waals surface area contributed by atoms with Gasteiger partial charge in [-0.25, -0.2) is 4.79 Å². The van der Waals surface area contributed by atoms with E-state index in [1.165, 1.54) is 0 Å². The van der Waals surface area contributed by atoms with Crippen molar-refractivity contribution in [1.82, 2.24) is 0 Å². The van der Waals surface area contributed by atoms with Crippen LogP contribution in [0.25, 0.3) is 0 Å². The molecular weight excluding hydrogens is 376 g/mol. The van der Waals surface area contributed by atoms with Gasteiger partial charge in [0.15, 0.2) is 0 Å². The van der Waals surface area contributed by atoms with E-state index in [2.05, 4.69) is 0 Å². The normalized spacial score (nSPS) is 12.6. The monoisotopic (exact) mass is 404 g/mol. The van der Waals surface area contributed by atoms with Crippen molar-refractivity contribution in [3.05, 3.63) is 95.6 Å². The summed E-state index contributed by atoms with van der Waals surface area (Å²) in [6.07, 6.45) is 0.388. The van der Waals surface area contributed by atoms with E-state index < -0.39 is 5.60 Å². The van der Waals surface area contributed by atoms with Crippen molar-refractivity contribution in [3.8, 4) is 11.5 Å². The van der Waals surface area contributed by atoms with Crippen LogP contribution in [0.1, 0.15) is 30.5 Å². The summed E-state index contributed by atoms with van der Waals surface area (Å²) in [6.45, 7) is 6.39. The van der Waals surface area contributed by atoms with E-state index in [0.717, 1.165) is 22.4 Å². The van der Waals surface area contributed by atoms with Crippen LogP contribution in [0.3, 0.4) is 0 Å². The third-order valence-corrected chi connectivity index (χ3v) is 4.78. The van der Waals surface area contributed by atoms with E-state index in [-0.39, 0.29) is 5.97 Å². The molecule has 4 heteroatoms. The van der Waals surface area contributed by atoms with Crippen molar-refractivity contribution < 1.29 is 19.0 Å². The molecule has 0 aliphatic heterocycles. The summed E-state index contributed by atoms with van der Waals surface area (Å²) < 4.78 is 17.3. The zero-order valence-electron chi connectivity index (χ0n) is 17.8. The predicted molar refractivity (Wildman–Crippen MR) is 118 cm³/mol. The third kappa shape index (κ3) is 5.86. The predicted octanol–water partition coefficient (Wildman–Crippen LogP) is 5.52. The molecule has 0 amide bonds. The highest BCUT2D eigenvalue weighted by molar-refractivity contribution is 5.80.